The highest BCUT2D eigenvalue weighted by Crippen LogP contribution is 2.30. The van der Waals surface area contributed by atoms with Crippen molar-refractivity contribution >= 4 is 44.7 Å². The summed E-state index contributed by atoms with van der Waals surface area (Å²) in [6, 6.07) is 7.71. The zero-order chi connectivity index (χ0) is 24.5. The van der Waals surface area contributed by atoms with Crippen LogP contribution in [0.3, 0.4) is 0 Å². The lowest BCUT2D eigenvalue weighted by molar-refractivity contribution is -0.192. The van der Waals surface area contributed by atoms with E-state index in [1.807, 2.05) is 11.8 Å². The summed E-state index contributed by atoms with van der Waals surface area (Å²) >= 11 is 1.11. The molecule has 2 rings (SSSR count). The third kappa shape index (κ3) is 8.04. The number of unbranched alkanes of at least 4 members (excludes halogenated alkanes) is 1. The molecule has 8 nitrogen and oxygen atoms in total. The lowest BCUT2D eigenvalue weighted by atomic mass is 10.1. The van der Waals surface area contributed by atoms with Gasteiger partial charge in [0.05, 0.1) is 16.9 Å². The molecule has 0 aliphatic carbocycles. The Balaban J connectivity index is 0.000000633. The Hall–Kier alpha value is -2.80. The zero-order valence-corrected chi connectivity index (χ0v) is 18.9. The van der Waals surface area contributed by atoms with Gasteiger partial charge < -0.3 is 15.1 Å². The summed E-state index contributed by atoms with van der Waals surface area (Å²) in [5.41, 5.74) is 1.01. The summed E-state index contributed by atoms with van der Waals surface area (Å²) in [4.78, 5) is 22.2. The summed E-state index contributed by atoms with van der Waals surface area (Å²) < 4.78 is 59.6. The number of anilines is 2. The maximum absolute atomic E-state index is 12.6. The van der Waals surface area contributed by atoms with E-state index >= 15 is 0 Å². The molecule has 0 saturated heterocycles. The molecule has 1 heterocycles. The van der Waals surface area contributed by atoms with Gasteiger partial charge >= 0.3 is 18.1 Å². The van der Waals surface area contributed by atoms with Crippen LogP contribution in [0.4, 0.5) is 24.5 Å². The van der Waals surface area contributed by atoms with Crippen LogP contribution in [0.5, 0.6) is 0 Å². The van der Waals surface area contributed by atoms with E-state index in [1.165, 1.54) is 18.2 Å². The van der Waals surface area contributed by atoms with Crippen molar-refractivity contribution in [3.8, 4) is 0 Å². The van der Waals surface area contributed by atoms with Crippen LogP contribution in [-0.4, -0.2) is 49.8 Å². The number of aliphatic carboxylic acids is 1. The number of aromatic carboxylic acids is 1. The van der Waals surface area contributed by atoms with Crippen LogP contribution in [0.15, 0.2) is 39.9 Å². The molecule has 0 aliphatic heterocycles. The van der Waals surface area contributed by atoms with Crippen LogP contribution in [0.1, 0.15) is 37.0 Å². The average Bonchev–Trinajstić information content (AvgIpc) is 3.24. The minimum absolute atomic E-state index is 0.0409. The maximum Gasteiger partial charge on any atom is 0.490 e. The van der Waals surface area contributed by atoms with Crippen LogP contribution < -0.4 is 9.62 Å². The Labute approximate surface area is 187 Å². The van der Waals surface area contributed by atoms with Gasteiger partial charge in [0.2, 0.25) is 0 Å². The van der Waals surface area contributed by atoms with Crippen LogP contribution in [-0.2, 0) is 14.8 Å². The first-order chi connectivity index (χ1) is 14.8. The van der Waals surface area contributed by atoms with E-state index in [2.05, 4.69) is 11.6 Å². The fraction of sp³-hybridized carbons (Fsp3) is 0.368. The number of hydrogen-bond donors (Lipinski definition) is 3. The SMILES string of the molecule is CCCCN(CC)c1ccc(C(=O)O)cc1NS(=O)(=O)c1cccs1.O=C(O)C(F)(F)F. The Morgan fingerprint density at radius 1 is 1.16 bits per heavy atom. The minimum atomic E-state index is -5.08. The molecule has 1 aromatic heterocycles. The molecule has 0 aliphatic rings. The number of halogens is 3. The van der Waals surface area contributed by atoms with Gasteiger partial charge in [0, 0.05) is 13.1 Å². The number of rotatable bonds is 9. The van der Waals surface area contributed by atoms with E-state index in [-0.39, 0.29) is 15.5 Å². The van der Waals surface area contributed by atoms with Crippen molar-refractivity contribution < 1.29 is 41.4 Å². The van der Waals surface area contributed by atoms with Crippen molar-refractivity contribution in [2.75, 3.05) is 22.7 Å². The number of nitrogens with zero attached hydrogens (tertiary/aromatic N) is 1. The fourth-order valence-electron chi connectivity index (χ4n) is 2.44. The predicted octanol–water partition coefficient (Wildman–Crippen LogP) is 4.51. The molecule has 0 saturated carbocycles. The normalized spacial score (nSPS) is 11.3. The number of nitrogens with one attached hydrogen (secondary N) is 1. The number of carbonyl (C=O) groups is 2. The van der Waals surface area contributed by atoms with Crippen LogP contribution >= 0.6 is 11.3 Å². The first kappa shape index (κ1) is 27.2. The molecule has 0 atom stereocenters. The monoisotopic (exact) mass is 496 g/mol. The molecule has 2 aromatic rings. The lowest BCUT2D eigenvalue weighted by Gasteiger charge is -2.26. The number of thiophene rings is 1. The second-order valence-corrected chi connectivity index (χ2v) is 9.17. The third-order valence-corrected chi connectivity index (χ3v) is 6.76. The Morgan fingerprint density at radius 3 is 2.22 bits per heavy atom. The van der Waals surface area contributed by atoms with Crippen molar-refractivity contribution in [2.45, 2.75) is 37.1 Å². The van der Waals surface area contributed by atoms with Gasteiger partial charge in [-0.2, -0.15) is 13.2 Å². The van der Waals surface area contributed by atoms with Gasteiger partial charge in [-0.15, -0.1) is 11.3 Å². The minimum Gasteiger partial charge on any atom is -0.478 e. The molecule has 178 valence electrons. The molecule has 0 unspecified atom stereocenters. The molecular formula is C19H23F3N2O6S2. The highest BCUT2D eigenvalue weighted by atomic mass is 32.2. The van der Waals surface area contributed by atoms with Crippen LogP contribution in [0, 0.1) is 0 Å². The van der Waals surface area contributed by atoms with Gasteiger partial charge in [-0.3, -0.25) is 4.72 Å². The van der Waals surface area contributed by atoms with E-state index < -0.39 is 28.1 Å². The van der Waals surface area contributed by atoms with Crippen molar-refractivity contribution in [1.82, 2.24) is 0 Å². The molecule has 0 radical (unpaired) electrons. The van der Waals surface area contributed by atoms with Gasteiger partial charge in [-0.25, -0.2) is 18.0 Å². The first-order valence-electron chi connectivity index (χ1n) is 9.32. The summed E-state index contributed by atoms with van der Waals surface area (Å²) in [6.45, 7) is 5.54. The number of carboxylic acid groups (broad SMARTS) is 2. The summed E-state index contributed by atoms with van der Waals surface area (Å²) in [5.74, 6) is -3.85. The molecule has 0 fully saturated rings. The van der Waals surface area contributed by atoms with Crippen molar-refractivity contribution in [1.29, 1.82) is 0 Å². The molecule has 0 bridgehead atoms. The average molecular weight is 497 g/mol. The Morgan fingerprint density at radius 2 is 1.78 bits per heavy atom. The van der Waals surface area contributed by atoms with Gasteiger partial charge in [-0.1, -0.05) is 19.4 Å². The zero-order valence-electron chi connectivity index (χ0n) is 17.2. The van der Waals surface area contributed by atoms with Crippen molar-refractivity contribution in [3.05, 3.63) is 41.3 Å². The molecule has 32 heavy (non-hydrogen) atoms. The summed E-state index contributed by atoms with van der Waals surface area (Å²) in [7, 11) is -3.75. The molecule has 0 spiro atoms. The Bertz CT molecular complexity index is 1010. The topological polar surface area (TPSA) is 124 Å². The lowest BCUT2D eigenvalue weighted by Crippen LogP contribution is -2.26. The quantitative estimate of drug-likeness (QED) is 0.467. The van der Waals surface area contributed by atoms with Crippen LogP contribution in [0.2, 0.25) is 0 Å². The summed E-state index contributed by atoms with van der Waals surface area (Å²) in [6.07, 6.45) is -3.11. The first-order valence-corrected chi connectivity index (χ1v) is 11.7. The summed E-state index contributed by atoms with van der Waals surface area (Å²) in [5, 5.41) is 18.0. The third-order valence-electron chi connectivity index (χ3n) is 3.99. The fourth-order valence-corrected chi connectivity index (χ4v) is 4.49. The number of carboxylic acids is 2. The van der Waals surface area contributed by atoms with E-state index in [0.29, 0.717) is 12.2 Å². The molecule has 13 heteroatoms. The van der Waals surface area contributed by atoms with E-state index in [1.54, 1.807) is 17.5 Å². The van der Waals surface area contributed by atoms with E-state index in [9.17, 15) is 31.5 Å². The highest BCUT2D eigenvalue weighted by Gasteiger charge is 2.38. The molecular weight excluding hydrogens is 473 g/mol. The van der Waals surface area contributed by atoms with E-state index in [0.717, 1.165) is 30.7 Å². The van der Waals surface area contributed by atoms with Gasteiger partial charge in [0.15, 0.2) is 0 Å². The maximum atomic E-state index is 12.6. The highest BCUT2D eigenvalue weighted by molar-refractivity contribution is 7.94. The van der Waals surface area contributed by atoms with Crippen LogP contribution in [0.25, 0.3) is 0 Å². The largest absolute Gasteiger partial charge is 0.490 e. The standard InChI is InChI=1S/C17H22N2O4S2.C2HF3O2/c1-3-5-10-19(4-2)15-9-8-13(17(20)21)12-14(15)18-25(22,23)16-7-6-11-24-16;3-2(4,5)1(6)7/h6-9,11-12,18H,3-5,10H2,1-2H3,(H,20,21);(H,6,7). The van der Waals surface area contributed by atoms with Gasteiger partial charge in [0.1, 0.15) is 4.21 Å². The molecule has 3 N–H and O–H groups in total. The second kappa shape index (κ2) is 11.7. The smallest absolute Gasteiger partial charge is 0.478 e. The number of hydrogen-bond acceptors (Lipinski definition) is 6. The number of benzene rings is 1. The molecule has 0 amide bonds. The van der Waals surface area contributed by atoms with Crippen molar-refractivity contribution in [2.24, 2.45) is 0 Å². The van der Waals surface area contributed by atoms with Crippen molar-refractivity contribution in [3.63, 3.8) is 0 Å². The second-order valence-electron chi connectivity index (χ2n) is 6.31. The Kier molecular flexibility index (Phi) is 9.97. The van der Waals surface area contributed by atoms with E-state index in [4.69, 9.17) is 9.90 Å². The van der Waals surface area contributed by atoms with Gasteiger partial charge in [-0.05, 0) is 43.0 Å². The number of alkyl halides is 3. The number of sulfonamides is 1. The molecule has 1 aromatic carbocycles. The predicted molar refractivity (Wildman–Crippen MR) is 115 cm³/mol. The van der Waals surface area contributed by atoms with Gasteiger partial charge in [0.25, 0.3) is 10.0 Å².